The Labute approximate surface area is 154 Å². The normalized spacial score (nSPS) is 10.5. The molecule has 25 heavy (non-hydrogen) atoms. The number of halogens is 2. The predicted octanol–water partition coefficient (Wildman–Crippen LogP) is 5.62. The van der Waals surface area contributed by atoms with Gasteiger partial charge in [-0.25, -0.2) is 4.79 Å². The molecule has 0 saturated heterocycles. The lowest BCUT2D eigenvalue weighted by Crippen LogP contribution is -2.06. The molecule has 4 nitrogen and oxygen atoms in total. The molecule has 3 aromatic rings. The average Bonchev–Trinajstić information content (AvgIpc) is 3.10. The van der Waals surface area contributed by atoms with Crippen LogP contribution < -0.4 is 4.74 Å². The standard InChI is InChI=1S/C19H14Cl2O4/c1-23-16-8-3-2-5-14(16)19(22)24-11-12-9-10-17(25-12)13-6-4-7-15(20)18(13)21/h2-10H,11H2,1H3. The third-order valence-corrected chi connectivity index (χ3v) is 4.37. The van der Waals surface area contributed by atoms with Gasteiger partial charge in [0.2, 0.25) is 0 Å². The fourth-order valence-corrected chi connectivity index (χ4v) is 2.72. The maximum absolute atomic E-state index is 12.2. The molecule has 0 fully saturated rings. The first-order valence-corrected chi connectivity index (χ1v) is 8.19. The van der Waals surface area contributed by atoms with Crippen molar-refractivity contribution >= 4 is 29.2 Å². The van der Waals surface area contributed by atoms with Crippen LogP contribution in [-0.4, -0.2) is 13.1 Å². The first-order valence-electron chi connectivity index (χ1n) is 7.43. The first-order chi connectivity index (χ1) is 12.1. The van der Waals surface area contributed by atoms with Crippen molar-refractivity contribution in [1.82, 2.24) is 0 Å². The number of furan rings is 1. The molecule has 0 unspecified atom stereocenters. The lowest BCUT2D eigenvalue weighted by Gasteiger charge is -2.07. The quantitative estimate of drug-likeness (QED) is 0.542. The van der Waals surface area contributed by atoms with Gasteiger partial charge in [-0.05, 0) is 36.4 Å². The Morgan fingerprint density at radius 3 is 2.64 bits per heavy atom. The van der Waals surface area contributed by atoms with Gasteiger partial charge in [-0.3, -0.25) is 0 Å². The minimum Gasteiger partial charge on any atom is -0.496 e. The van der Waals surface area contributed by atoms with E-state index in [4.69, 9.17) is 37.1 Å². The molecule has 0 aliphatic rings. The molecule has 0 bridgehead atoms. The van der Waals surface area contributed by atoms with Gasteiger partial charge >= 0.3 is 5.97 Å². The van der Waals surface area contributed by atoms with Gasteiger partial charge in [-0.2, -0.15) is 0 Å². The van der Waals surface area contributed by atoms with Crippen molar-refractivity contribution < 1.29 is 18.7 Å². The predicted molar refractivity (Wildman–Crippen MR) is 96.3 cm³/mol. The van der Waals surface area contributed by atoms with Gasteiger partial charge < -0.3 is 13.9 Å². The van der Waals surface area contributed by atoms with Crippen LogP contribution in [0.2, 0.25) is 10.0 Å². The third kappa shape index (κ3) is 3.81. The lowest BCUT2D eigenvalue weighted by molar-refractivity contribution is 0.0442. The van der Waals surface area contributed by atoms with Gasteiger partial charge in [-0.15, -0.1) is 0 Å². The summed E-state index contributed by atoms with van der Waals surface area (Å²) in [4.78, 5) is 12.2. The highest BCUT2D eigenvalue weighted by Gasteiger charge is 2.15. The van der Waals surface area contributed by atoms with Crippen molar-refractivity contribution in [2.75, 3.05) is 7.11 Å². The number of esters is 1. The largest absolute Gasteiger partial charge is 0.496 e. The summed E-state index contributed by atoms with van der Waals surface area (Å²) in [5.41, 5.74) is 1.03. The number of carbonyl (C=O) groups is 1. The molecule has 1 heterocycles. The third-order valence-electron chi connectivity index (χ3n) is 3.55. The Bertz CT molecular complexity index is 902. The van der Waals surface area contributed by atoms with Gasteiger partial charge in [-0.1, -0.05) is 41.4 Å². The molecular weight excluding hydrogens is 363 g/mol. The number of hydrogen-bond acceptors (Lipinski definition) is 4. The molecule has 0 atom stereocenters. The van der Waals surface area contributed by atoms with Crippen LogP contribution in [0.1, 0.15) is 16.1 Å². The van der Waals surface area contributed by atoms with Crippen LogP contribution in [0.15, 0.2) is 59.0 Å². The van der Waals surface area contributed by atoms with E-state index in [0.717, 1.165) is 0 Å². The zero-order valence-electron chi connectivity index (χ0n) is 13.3. The summed E-state index contributed by atoms with van der Waals surface area (Å²) in [5, 5.41) is 0.857. The molecule has 0 spiro atoms. The number of benzene rings is 2. The molecule has 0 saturated carbocycles. The summed E-state index contributed by atoms with van der Waals surface area (Å²) in [5.74, 6) is 1.01. The van der Waals surface area contributed by atoms with Crippen LogP contribution in [0.5, 0.6) is 5.75 Å². The Balaban J connectivity index is 1.72. The summed E-state index contributed by atoms with van der Waals surface area (Å²) < 4.78 is 16.1. The van der Waals surface area contributed by atoms with E-state index in [9.17, 15) is 4.79 Å². The zero-order valence-corrected chi connectivity index (χ0v) is 14.8. The Morgan fingerprint density at radius 2 is 1.84 bits per heavy atom. The smallest absolute Gasteiger partial charge is 0.342 e. The summed E-state index contributed by atoms with van der Waals surface area (Å²) in [7, 11) is 1.50. The van der Waals surface area contributed by atoms with Crippen LogP contribution >= 0.6 is 23.2 Å². The van der Waals surface area contributed by atoms with E-state index < -0.39 is 5.97 Å². The molecule has 6 heteroatoms. The van der Waals surface area contributed by atoms with E-state index >= 15 is 0 Å². The lowest BCUT2D eigenvalue weighted by atomic mass is 10.2. The number of carbonyl (C=O) groups excluding carboxylic acids is 1. The van der Waals surface area contributed by atoms with Gasteiger partial charge in [0.15, 0.2) is 0 Å². The fraction of sp³-hybridized carbons (Fsp3) is 0.105. The Morgan fingerprint density at radius 1 is 1.04 bits per heavy atom. The number of ether oxygens (including phenoxy) is 2. The molecule has 0 aliphatic carbocycles. The van der Waals surface area contributed by atoms with Gasteiger partial charge in [0.1, 0.15) is 29.4 Å². The maximum atomic E-state index is 12.2. The van der Waals surface area contributed by atoms with Gasteiger partial charge in [0.05, 0.1) is 17.2 Å². The van der Waals surface area contributed by atoms with E-state index in [1.807, 2.05) is 0 Å². The second-order valence-corrected chi connectivity index (χ2v) is 5.93. The number of methoxy groups -OCH3 is 1. The highest BCUT2D eigenvalue weighted by atomic mass is 35.5. The van der Waals surface area contributed by atoms with Crippen LogP contribution in [0, 0.1) is 0 Å². The number of hydrogen-bond donors (Lipinski definition) is 0. The first kappa shape index (κ1) is 17.4. The van der Waals surface area contributed by atoms with Crippen molar-refractivity contribution in [2.45, 2.75) is 6.61 Å². The zero-order chi connectivity index (χ0) is 17.8. The van der Waals surface area contributed by atoms with E-state index in [-0.39, 0.29) is 6.61 Å². The molecule has 2 aromatic carbocycles. The molecule has 0 radical (unpaired) electrons. The van der Waals surface area contributed by atoms with E-state index in [1.54, 1.807) is 54.6 Å². The van der Waals surface area contributed by atoms with Crippen molar-refractivity contribution in [2.24, 2.45) is 0 Å². The molecular formula is C19H14Cl2O4. The molecule has 0 amide bonds. The summed E-state index contributed by atoms with van der Waals surface area (Å²) >= 11 is 12.2. The van der Waals surface area contributed by atoms with Crippen LogP contribution in [0.25, 0.3) is 11.3 Å². The van der Waals surface area contributed by atoms with Gasteiger partial charge in [0.25, 0.3) is 0 Å². The summed E-state index contributed by atoms with van der Waals surface area (Å²) in [6.45, 7) is -0.00489. The monoisotopic (exact) mass is 376 g/mol. The number of rotatable bonds is 5. The van der Waals surface area contributed by atoms with Crippen LogP contribution in [-0.2, 0) is 11.3 Å². The molecule has 0 N–H and O–H groups in total. The Hall–Kier alpha value is -2.43. The minimum absolute atomic E-state index is 0.00489. The van der Waals surface area contributed by atoms with Crippen molar-refractivity contribution in [1.29, 1.82) is 0 Å². The topological polar surface area (TPSA) is 48.7 Å². The summed E-state index contributed by atoms with van der Waals surface area (Å²) in [6, 6.07) is 15.6. The minimum atomic E-state index is -0.490. The molecule has 3 rings (SSSR count). The second kappa shape index (κ2) is 7.64. The Kier molecular flexibility index (Phi) is 5.31. The van der Waals surface area contributed by atoms with Crippen molar-refractivity contribution in [3.63, 3.8) is 0 Å². The van der Waals surface area contributed by atoms with Crippen LogP contribution in [0.4, 0.5) is 0 Å². The second-order valence-electron chi connectivity index (χ2n) is 5.14. The number of para-hydroxylation sites is 1. The molecule has 0 aliphatic heterocycles. The highest BCUT2D eigenvalue weighted by Crippen LogP contribution is 2.34. The SMILES string of the molecule is COc1ccccc1C(=O)OCc1ccc(-c2cccc(Cl)c2Cl)o1. The van der Waals surface area contributed by atoms with Crippen molar-refractivity contribution in [3.8, 4) is 17.1 Å². The van der Waals surface area contributed by atoms with Gasteiger partial charge in [0, 0.05) is 5.56 Å². The highest BCUT2D eigenvalue weighted by molar-refractivity contribution is 6.43. The average molecular weight is 377 g/mol. The van der Waals surface area contributed by atoms with Crippen LogP contribution in [0.3, 0.4) is 0 Å². The summed E-state index contributed by atoms with van der Waals surface area (Å²) in [6.07, 6.45) is 0. The molecule has 128 valence electrons. The molecule has 1 aromatic heterocycles. The fourth-order valence-electron chi connectivity index (χ4n) is 2.32. The van der Waals surface area contributed by atoms with E-state index in [2.05, 4.69) is 0 Å². The van der Waals surface area contributed by atoms with E-state index in [1.165, 1.54) is 7.11 Å². The van der Waals surface area contributed by atoms with Crippen molar-refractivity contribution in [3.05, 3.63) is 76.0 Å². The van der Waals surface area contributed by atoms with E-state index in [0.29, 0.717) is 38.4 Å². The maximum Gasteiger partial charge on any atom is 0.342 e.